The van der Waals surface area contributed by atoms with E-state index >= 15 is 0 Å². The zero-order valence-electron chi connectivity index (χ0n) is 18.4. The standard InChI is InChI=1S/C24H30BrNO5/c1-11-5-6-17-22(2,3)19(27)16(25)9-24(17)23(11,4)8-14-13(21(29)30)7-12-15(18(14)31-24)10-26-20(12)28/h7,11,16-17,19,27H,5-6,8-10H2,1-4H3,(H,26,28)(H,29,30)/t11-,16+,17-,19-,23+,24-/m0/s1. The molecule has 1 amide bonds. The number of hydrogen-bond acceptors (Lipinski definition) is 4. The number of aliphatic hydroxyl groups excluding tert-OH is 1. The Kier molecular flexibility index (Phi) is 4.44. The minimum Gasteiger partial charge on any atom is -0.486 e. The van der Waals surface area contributed by atoms with E-state index in [0.717, 1.165) is 18.4 Å². The molecule has 31 heavy (non-hydrogen) atoms. The maximum absolute atomic E-state index is 12.4. The first-order chi connectivity index (χ1) is 14.4. The van der Waals surface area contributed by atoms with Crippen molar-refractivity contribution >= 4 is 27.8 Å². The summed E-state index contributed by atoms with van der Waals surface area (Å²) in [6.07, 6.45) is 2.71. The highest BCUT2D eigenvalue weighted by atomic mass is 79.9. The van der Waals surface area contributed by atoms with Crippen LogP contribution in [-0.2, 0) is 13.0 Å². The first-order valence-corrected chi connectivity index (χ1v) is 12.1. The number of carbonyl (C=O) groups is 2. The van der Waals surface area contributed by atoms with Gasteiger partial charge < -0.3 is 20.3 Å². The fourth-order valence-electron chi connectivity index (χ4n) is 7.18. The van der Waals surface area contributed by atoms with Gasteiger partial charge in [-0.15, -0.1) is 0 Å². The lowest BCUT2D eigenvalue weighted by atomic mass is 9.43. The van der Waals surface area contributed by atoms with Crippen molar-refractivity contribution in [1.82, 2.24) is 5.32 Å². The Morgan fingerprint density at radius 3 is 2.65 bits per heavy atom. The van der Waals surface area contributed by atoms with Crippen molar-refractivity contribution in [3.05, 3.63) is 28.3 Å². The van der Waals surface area contributed by atoms with Gasteiger partial charge in [0.1, 0.15) is 11.4 Å². The number of nitrogens with one attached hydrogen (secondary N) is 1. The SMILES string of the molecule is C[C@H]1CC[C@H]2C(C)(C)[C@@H](O)[C@H](Br)C[C@]23Oc2c(c(C(=O)O)cc4c2CNC4=O)C[C@]13C. The Labute approximate surface area is 190 Å². The first-order valence-electron chi connectivity index (χ1n) is 11.2. The number of alkyl halides is 1. The molecule has 0 saturated heterocycles. The molecule has 7 heteroatoms. The maximum atomic E-state index is 12.4. The van der Waals surface area contributed by atoms with Gasteiger partial charge in [0.15, 0.2) is 0 Å². The summed E-state index contributed by atoms with van der Waals surface area (Å²) in [5.41, 5.74) is 0.842. The van der Waals surface area contributed by atoms with E-state index in [-0.39, 0.29) is 33.0 Å². The van der Waals surface area contributed by atoms with Crippen LogP contribution >= 0.6 is 15.9 Å². The van der Waals surface area contributed by atoms with Crippen molar-refractivity contribution in [2.75, 3.05) is 0 Å². The molecule has 1 spiro atoms. The van der Waals surface area contributed by atoms with Crippen LogP contribution in [0.25, 0.3) is 0 Å². The summed E-state index contributed by atoms with van der Waals surface area (Å²) in [6.45, 7) is 9.08. The fraction of sp³-hybridized carbons (Fsp3) is 0.667. The lowest BCUT2D eigenvalue weighted by Gasteiger charge is -2.67. The number of fused-ring (bicyclic) bond motifs is 3. The maximum Gasteiger partial charge on any atom is 0.336 e. The fourth-order valence-corrected chi connectivity index (χ4v) is 8.35. The third-order valence-electron chi connectivity index (χ3n) is 9.22. The van der Waals surface area contributed by atoms with E-state index in [1.807, 2.05) is 0 Å². The van der Waals surface area contributed by atoms with Gasteiger partial charge >= 0.3 is 5.97 Å². The van der Waals surface area contributed by atoms with E-state index in [4.69, 9.17) is 4.74 Å². The van der Waals surface area contributed by atoms with Gasteiger partial charge in [-0.2, -0.15) is 0 Å². The molecule has 2 heterocycles. The Morgan fingerprint density at radius 2 is 1.97 bits per heavy atom. The molecule has 2 aliphatic heterocycles. The van der Waals surface area contributed by atoms with Crippen molar-refractivity contribution in [2.45, 2.75) is 76.5 Å². The second-order valence-corrected chi connectivity index (χ2v) is 12.0. The van der Waals surface area contributed by atoms with Crippen LogP contribution in [0.3, 0.4) is 0 Å². The summed E-state index contributed by atoms with van der Waals surface area (Å²) in [5.74, 6) is -0.248. The average molecular weight is 492 g/mol. The van der Waals surface area contributed by atoms with Crippen molar-refractivity contribution < 1.29 is 24.5 Å². The second kappa shape index (κ2) is 6.47. The highest BCUT2D eigenvalue weighted by molar-refractivity contribution is 9.09. The molecular formula is C24H30BrNO5. The lowest BCUT2D eigenvalue weighted by molar-refractivity contribution is -0.230. The highest BCUT2D eigenvalue weighted by Crippen LogP contribution is 2.67. The second-order valence-electron chi connectivity index (χ2n) is 10.8. The molecule has 0 aromatic heterocycles. The number of ether oxygens (including phenoxy) is 1. The number of carboxylic acid groups (broad SMARTS) is 1. The number of aromatic carboxylic acids is 1. The van der Waals surface area contributed by atoms with Gasteiger partial charge in [-0.3, -0.25) is 4.79 Å². The Hall–Kier alpha value is -1.60. The Balaban J connectivity index is 1.78. The molecule has 2 aliphatic carbocycles. The lowest BCUT2D eigenvalue weighted by Crippen LogP contribution is -2.72. The third-order valence-corrected chi connectivity index (χ3v) is 10.0. The largest absolute Gasteiger partial charge is 0.486 e. The van der Waals surface area contributed by atoms with E-state index < -0.39 is 17.7 Å². The quantitative estimate of drug-likeness (QED) is 0.517. The van der Waals surface area contributed by atoms with Gasteiger partial charge in [-0.1, -0.05) is 43.6 Å². The molecule has 0 bridgehead atoms. The monoisotopic (exact) mass is 491 g/mol. The number of benzene rings is 1. The molecule has 4 aliphatic rings. The molecule has 168 valence electrons. The van der Waals surface area contributed by atoms with Gasteiger partial charge in [0.05, 0.1) is 11.7 Å². The molecule has 1 aromatic carbocycles. The number of hydrogen-bond donors (Lipinski definition) is 3. The molecule has 0 radical (unpaired) electrons. The number of carbonyl (C=O) groups excluding carboxylic acids is 1. The number of aliphatic hydroxyl groups is 1. The summed E-state index contributed by atoms with van der Waals surface area (Å²) in [7, 11) is 0. The molecule has 3 N–H and O–H groups in total. The normalized spacial score (nSPS) is 40.0. The van der Waals surface area contributed by atoms with E-state index in [2.05, 4.69) is 48.9 Å². The zero-order chi connectivity index (χ0) is 22.5. The van der Waals surface area contributed by atoms with Crippen molar-refractivity contribution in [3.8, 4) is 5.75 Å². The van der Waals surface area contributed by atoms with E-state index in [0.29, 0.717) is 42.2 Å². The van der Waals surface area contributed by atoms with Crippen LogP contribution in [-0.4, -0.2) is 38.6 Å². The number of halogens is 1. The smallest absolute Gasteiger partial charge is 0.336 e. The van der Waals surface area contributed by atoms with Crippen LogP contribution in [0.4, 0.5) is 0 Å². The molecule has 5 rings (SSSR count). The van der Waals surface area contributed by atoms with Crippen molar-refractivity contribution in [3.63, 3.8) is 0 Å². The van der Waals surface area contributed by atoms with E-state index in [1.165, 1.54) is 6.07 Å². The van der Waals surface area contributed by atoms with Gasteiger partial charge in [0.2, 0.25) is 0 Å². The van der Waals surface area contributed by atoms with Crippen molar-refractivity contribution in [2.24, 2.45) is 22.7 Å². The minimum absolute atomic E-state index is 0.118. The van der Waals surface area contributed by atoms with Crippen LogP contribution in [0.2, 0.25) is 0 Å². The predicted octanol–water partition coefficient (Wildman–Crippen LogP) is 3.91. The Morgan fingerprint density at radius 1 is 1.26 bits per heavy atom. The summed E-state index contributed by atoms with van der Waals surface area (Å²) in [6, 6.07) is 1.52. The van der Waals surface area contributed by atoms with Gasteiger partial charge in [0, 0.05) is 45.8 Å². The topological polar surface area (TPSA) is 95.9 Å². The third kappa shape index (κ3) is 2.53. The molecule has 2 fully saturated rings. The molecule has 2 saturated carbocycles. The van der Waals surface area contributed by atoms with Gasteiger partial charge in [0.25, 0.3) is 5.91 Å². The van der Waals surface area contributed by atoms with Crippen LogP contribution in [0.1, 0.15) is 78.8 Å². The highest BCUT2D eigenvalue weighted by Gasteiger charge is 2.69. The molecule has 1 aromatic rings. The molecular weight excluding hydrogens is 462 g/mol. The van der Waals surface area contributed by atoms with Crippen LogP contribution in [0.15, 0.2) is 6.07 Å². The summed E-state index contributed by atoms with van der Waals surface area (Å²) < 4.78 is 7.04. The molecule has 6 atom stereocenters. The first kappa shape index (κ1) is 21.3. The predicted molar refractivity (Wildman–Crippen MR) is 119 cm³/mol. The Bertz CT molecular complexity index is 1010. The van der Waals surface area contributed by atoms with Crippen LogP contribution < -0.4 is 10.1 Å². The van der Waals surface area contributed by atoms with Gasteiger partial charge in [-0.05, 0) is 36.7 Å². The summed E-state index contributed by atoms with van der Waals surface area (Å²) in [5, 5.41) is 23.8. The summed E-state index contributed by atoms with van der Waals surface area (Å²) >= 11 is 3.75. The average Bonchev–Trinajstić information content (AvgIpc) is 3.06. The van der Waals surface area contributed by atoms with Crippen LogP contribution in [0.5, 0.6) is 5.75 Å². The minimum atomic E-state index is -1.03. The number of carboxylic acids is 1. The van der Waals surface area contributed by atoms with E-state index in [9.17, 15) is 19.8 Å². The van der Waals surface area contributed by atoms with E-state index in [1.54, 1.807) is 0 Å². The molecule has 0 unspecified atom stereocenters. The molecule has 6 nitrogen and oxygen atoms in total. The number of amides is 1. The van der Waals surface area contributed by atoms with Crippen molar-refractivity contribution in [1.29, 1.82) is 0 Å². The zero-order valence-corrected chi connectivity index (χ0v) is 20.0. The number of rotatable bonds is 1. The van der Waals surface area contributed by atoms with Gasteiger partial charge in [-0.25, -0.2) is 4.79 Å². The summed E-state index contributed by atoms with van der Waals surface area (Å²) in [4.78, 5) is 24.5. The van der Waals surface area contributed by atoms with Crippen LogP contribution in [0, 0.1) is 22.7 Å².